The van der Waals surface area contributed by atoms with E-state index in [2.05, 4.69) is 13.2 Å². The van der Waals surface area contributed by atoms with Gasteiger partial charge in [0.25, 0.3) is 0 Å². The van der Waals surface area contributed by atoms with Crippen LogP contribution in [-0.4, -0.2) is 107 Å². The van der Waals surface area contributed by atoms with Crippen molar-refractivity contribution >= 4 is 34.9 Å². The van der Waals surface area contributed by atoms with E-state index in [-0.39, 0.29) is 35.6 Å². The first-order valence-corrected chi connectivity index (χ1v) is 31.1. The van der Waals surface area contributed by atoms with Crippen LogP contribution in [0.4, 0.5) is 0 Å². The van der Waals surface area contributed by atoms with Gasteiger partial charge in [0, 0.05) is 36.5 Å². The highest BCUT2D eigenvalue weighted by Crippen LogP contribution is 2.37. The molecule has 468 valence electrons. The number of aromatic nitrogens is 2. The number of carbonyl (C=O) groups is 4. The Morgan fingerprint density at radius 3 is 1.30 bits per heavy atom. The molecule has 0 N–H and O–H groups in total. The van der Waals surface area contributed by atoms with Crippen LogP contribution in [0, 0.1) is 23.7 Å². The average Bonchev–Trinajstić information content (AvgIpc) is 1.28. The van der Waals surface area contributed by atoms with Crippen LogP contribution in [0.5, 0.6) is 40.2 Å². The van der Waals surface area contributed by atoms with Gasteiger partial charge in [0.2, 0.25) is 0 Å². The lowest BCUT2D eigenvalue weighted by molar-refractivity contribution is -0.141. The molecule has 17 nitrogen and oxygen atoms in total. The fraction of sp³-hybridized carbons (Fsp3) is 0.437. The smallest absolute Gasteiger partial charge is 0.330 e. The standard InChI is InChI=1S/C71H84N2O15/c1-4-66(74)83-40-12-8-6-10-38-80-57-28-32-59(33-29-57)87-70(76)53-24-20-51(21-25-53)49-85-61-18-14-16-55(46-61)68-69(73-65-48-63(36-37-64(65)72-68)82-45-44-79-43-42-78-3)56-17-15-19-62(47-56)86-50-52-22-26-54(27-23-52)71(77)88-60-34-30-58(31-35-60)81-39-11-7-9-13-41-84-67(75)5-2/h4-5,14-19,28-37,46-48,51-54H,1-2,6-13,20-27,38-45,49-50H2,3H3. The topological polar surface area (TPSA) is 196 Å². The Balaban J connectivity index is 0.817. The predicted octanol–water partition coefficient (Wildman–Crippen LogP) is 13.9. The molecule has 5 aromatic carbocycles. The van der Waals surface area contributed by atoms with Gasteiger partial charge < -0.3 is 52.1 Å². The van der Waals surface area contributed by atoms with Crippen molar-refractivity contribution in [3.8, 4) is 62.8 Å². The molecule has 17 heteroatoms. The van der Waals surface area contributed by atoms with E-state index in [0.29, 0.717) is 154 Å². The monoisotopic (exact) mass is 1200 g/mol. The first-order chi connectivity index (χ1) is 43.1. The van der Waals surface area contributed by atoms with E-state index in [0.717, 1.165) is 88.2 Å². The van der Waals surface area contributed by atoms with Gasteiger partial charge in [-0.2, -0.15) is 0 Å². The lowest BCUT2D eigenvalue weighted by Gasteiger charge is -2.27. The Hall–Kier alpha value is -8.28. The van der Waals surface area contributed by atoms with Gasteiger partial charge in [-0.3, -0.25) is 9.59 Å². The Morgan fingerprint density at radius 2 is 0.830 bits per heavy atom. The molecule has 2 saturated carbocycles. The van der Waals surface area contributed by atoms with Crippen molar-refractivity contribution in [2.75, 3.05) is 73.2 Å². The maximum absolute atomic E-state index is 13.3. The van der Waals surface area contributed by atoms with Gasteiger partial charge in [-0.25, -0.2) is 19.6 Å². The van der Waals surface area contributed by atoms with Crippen LogP contribution in [0.15, 0.2) is 141 Å². The number of carbonyl (C=O) groups excluding carboxylic acids is 4. The molecule has 1 heterocycles. The van der Waals surface area contributed by atoms with E-state index in [4.69, 9.17) is 62.1 Å². The van der Waals surface area contributed by atoms with Crippen molar-refractivity contribution in [1.29, 1.82) is 0 Å². The van der Waals surface area contributed by atoms with Gasteiger partial charge in [0.1, 0.15) is 46.9 Å². The molecule has 0 amide bonds. The van der Waals surface area contributed by atoms with Crippen LogP contribution in [0.3, 0.4) is 0 Å². The van der Waals surface area contributed by atoms with Crippen molar-refractivity contribution in [2.45, 2.75) is 103 Å². The molecule has 2 aliphatic rings. The van der Waals surface area contributed by atoms with Gasteiger partial charge in [0.05, 0.1) is 93.7 Å². The minimum Gasteiger partial charge on any atom is -0.494 e. The lowest BCUT2D eigenvalue weighted by atomic mass is 9.82. The fourth-order valence-corrected chi connectivity index (χ4v) is 10.6. The number of nitrogens with zero attached hydrogens (tertiary/aromatic N) is 2. The third-order valence-corrected chi connectivity index (χ3v) is 15.6. The number of hydrogen-bond acceptors (Lipinski definition) is 17. The number of methoxy groups -OCH3 is 1. The second-order valence-electron chi connectivity index (χ2n) is 22.2. The summed E-state index contributed by atoms with van der Waals surface area (Å²) in [6, 6.07) is 35.9. The first kappa shape index (κ1) is 65.7. The summed E-state index contributed by atoms with van der Waals surface area (Å²) in [5.41, 5.74) is 4.40. The largest absolute Gasteiger partial charge is 0.494 e. The molecule has 0 bridgehead atoms. The second kappa shape index (κ2) is 36.1. The van der Waals surface area contributed by atoms with Crippen LogP contribution in [-0.2, 0) is 38.1 Å². The van der Waals surface area contributed by atoms with Gasteiger partial charge in [-0.1, -0.05) is 37.4 Å². The molecule has 1 aromatic heterocycles. The van der Waals surface area contributed by atoms with E-state index in [1.165, 1.54) is 12.2 Å². The zero-order valence-electron chi connectivity index (χ0n) is 50.8. The number of hydrogen-bond donors (Lipinski definition) is 0. The molecule has 0 radical (unpaired) electrons. The summed E-state index contributed by atoms with van der Waals surface area (Å²) >= 11 is 0. The highest BCUT2D eigenvalue weighted by molar-refractivity contribution is 5.87. The molecule has 0 saturated heterocycles. The van der Waals surface area contributed by atoms with Crippen molar-refractivity contribution in [3.63, 3.8) is 0 Å². The highest BCUT2D eigenvalue weighted by Gasteiger charge is 2.30. The number of rotatable bonds is 37. The fourth-order valence-electron chi connectivity index (χ4n) is 10.6. The Labute approximate surface area is 517 Å². The van der Waals surface area contributed by atoms with Gasteiger partial charge >= 0.3 is 23.9 Å². The minimum atomic E-state index is -0.397. The Morgan fingerprint density at radius 1 is 0.420 bits per heavy atom. The number of esters is 4. The van der Waals surface area contributed by atoms with E-state index >= 15 is 0 Å². The highest BCUT2D eigenvalue weighted by atomic mass is 16.6. The zero-order valence-corrected chi connectivity index (χ0v) is 50.8. The number of ether oxygens (including phenoxy) is 11. The summed E-state index contributed by atoms with van der Waals surface area (Å²) in [6.07, 6.45) is 15.7. The van der Waals surface area contributed by atoms with Crippen molar-refractivity contribution in [1.82, 2.24) is 9.97 Å². The van der Waals surface area contributed by atoms with Crippen molar-refractivity contribution in [3.05, 3.63) is 141 Å². The molecule has 6 aromatic rings. The summed E-state index contributed by atoms with van der Waals surface area (Å²) in [5, 5.41) is 0. The van der Waals surface area contributed by atoms with Crippen molar-refractivity contribution in [2.24, 2.45) is 23.7 Å². The summed E-state index contributed by atoms with van der Waals surface area (Å²) in [5.74, 6) is 3.42. The molecule has 0 spiro atoms. The molecular weight excluding hydrogens is 1120 g/mol. The van der Waals surface area contributed by atoms with E-state index in [1.807, 2.05) is 91.0 Å². The van der Waals surface area contributed by atoms with Crippen molar-refractivity contribution < 1.29 is 71.3 Å². The maximum Gasteiger partial charge on any atom is 0.330 e. The summed E-state index contributed by atoms with van der Waals surface area (Å²) in [7, 11) is 1.64. The lowest BCUT2D eigenvalue weighted by Crippen LogP contribution is -2.27. The predicted molar refractivity (Wildman–Crippen MR) is 335 cm³/mol. The van der Waals surface area contributed by atoms with Gasteiger partial charge in [0.15, 0.2) is 0 Å². The molecule has 88 heavy (non-hydrogen) atoms. The van der Waals surface area contributed by atoms with Crippen LogP contribution >= 0.6 is 0 Å². The van der Waals surface area contributed by atoms with Crippen LogP contribution in [0.25, 0.3) is 33.5 Å². The molecule has 2 fully saturated rings. The van der Waals surface area contributed by atoms with Crippen LogP contribution < -0.4 is 33.2 Å². The average molecular weight is 1210 g/mol. The summed E-state index contributed by atoms with van der Waals surface area (Å²) in [6.45, 7) is 11.5. The van der Waals surface area contributed by atoms with Crippen LogP contribution in [0.1, 0.15) is 103 Å². The molecule has 0 unspecified atom stereocenters. The molecule has 2 aliphatic carbocycles. The zero-order chi connectivity index (χ0) is 61.6. The maximum atomic E-state index is 13.3. The number of unbranched alkanes of at least 4 members (excludes halogenated alkanes) is 6. The summed E-state index contributed by atoms with van der Waals surface area (Å²) < 4.78 is 63.2. The molecule has 0 aliphatic heterocycles. The second-order valence-corrected chi connectivity index (χ2v) is 22.2. The van der Waals surface area contributed by atoms with E-state index in [9.17, 15) is 19.2 Å². The molecular formula is C71H84N2O15. The van der Waals surface area contributed by atoms with E-state index < -0.39 is 11.9 Å². The summed E-state index contributed by atoms with van der Waals surface area (Å²) in [4.78, 5) is 59.4. The molecule has 8 rings (SSSR count). The normalized spacial score (nSPS) is 16.4. The number of fused-ring (bicyclic) bond motifs is 1. The Kier molecular flexibility index (Phi) is 27.0. The Bertz CT molecular complexity index is 3150. The quantitative estimate of drug-likeness (QED) is 0.0154. The third kappa shape index (κ3) is 21.8. The van der Waals surface area contributed by atoms with Gasteiger partial charge in [-0.15, -0.1) is 0 Å². The number of benzene rings is 5. The molecule has 0 atom stereocenters. The minimum absolute atomic E-state index is 0.188. The van der Waals surface area contributed by atoms with Gasteiger partial charge in [-0.05, 0) is 199 Å². The SMILES string of the molecule is C=CC(=O)OCCCCCCOc1ccc(OC(=O)C2CCC(COc3cccc(-c4nc5ccc(OCCOCCOC)cc5nc4-c4cccc(OCC5CCC(C(=O)Oc6ccc(OCCCCCCOC(=O)C=C)cc6)CC5)c4)c3)CC2)cc1. The van der Waals surface area contributed by atoms with E-state index in [1.54, 1.807) is 31.4 Å². The third-order valence-electron chi connectivity index (χ3n) is 15.6. The van der Waals surface area contributed by atoms with Crippen LogP contribution in [0.2, 0.25) is 0 Å². The first-order valence-electron chi connectivity index (χ1n) is 31.1.